The molecule has 0 radical (unpaired) electrons. The van der Waals surface area contributed by atoms with E-state index in [2.05, 4.69) is 4.98 Å². The fourth-order valence-corrected chi connectivity index (χ4v) is 2.36. The Bertz CT molecular complexity index is 778. The van der Waals surface area contributed by atoms with Crippen LogP contribution < -0.4 is 0 Å². The second-order valence-electron chi connectivity index (χ2n) is 4.26. The van der Waals surface area contributed by atoms with Gasteiger partial charge in [-0.15, -0.1) is 0 Å². The standard InChI is InChI=1S/C15H11NO2/c1-9-10-5-2-3-7-12(10)16-13-8-4-6-11(14(9)13)15(17)18/h2-8H,1H3,(H,17,18). The first kappa shape index (κ1) is 10.7. The number of nitrogens with zero attached hydrogens (tertiary/aromatic N) is 1. The van der Waals surface area contributed by atoms with E-state index in [0.29, 0.717) is 5.56 Å². The van der Waals surface area contributed by atoms with Crippen LogP contribution in [0.4, 0.5) is 0 Å². The number of hydrogen-bond acceptors (Lipinski definition) is 2. The number of rotatable bonds is 1. The number of carbonyl (C=O) groups is 1. The average molecular weight is 237 g/mol. The lowest BCUT2D eigenvalue weighted by Gasteiger charge is -2.09. The van der Waals surface area contributed by atoms with Gasteiger partial charge in [0.2, 0.25) is 0 Å². The smallest absolute Gasteiger partial charge is 0.336 e. The highest BCUT2D eigenvalue weighted by molar-refractivity contribution is 6.08. The molecule has 2 aromatic carbocycles. The van der Waals surface area contributed by atoms with Gasteiger partial charge >= 0.3 is 5.97 Å². The normalized spacial score (nSPS) is 10.9. The minimum atomic E-state index is -0.916. The van der Waals surface area contributed by atoms with Crippen LogP contribution in [0.25, 0.3) is 21.8 Å². The molecule has 0 amide bonds. The number of para-hydroxylation sites is 1. The molecule has 0 saturated heterocycles. The molecule has 3 nitrogen and oxygen atoms in total. The molecule has 0 atom stereocenters. The van der Waals surface area contributed by atoms with Crippen molar-refractivity contribution in [3.05, 3.63) is 53.6 Å². The summed E-state index contributed by atoms with van der Waals surface area (Å²) in [5.41, 5.74) is 2.90. The van der Waals surface area contributed by atoms with E-state index in [9.17, 15) is 9.90 Å². The van der Waals surface area contributed by atoms with E-state index in [1.54, 1.807) is 12.1 Å². The van der Waals surface area contributed by atoms with Crippen molar-refractivity contribution in [3.63, 3.8) is 0 Å². The zero-order chi connectivity index (χ0) is 12.7. The lowest BCUT2D eigenvalue weighted by molar-refractivity contribution is 0.0699. The topological polar surface area (TPSA) is 50.2 Å². The van der Waals surface area contributed by atoms with Crippen LogP contribution in [0.5, 0.6) is 0 Å². The van der Waals surface area contributed by atoms with E-state index >= 15 is 0 Å². The van der Waals surface area contributed by atoms with Gasteiger partial charge in [0.25, 0.3) is 0 Å². The van der Waals surface area contributed by atoms with Gasteiger partial charge in [0, 0.05) is 10.8 Å². The van der Waals surface area contributed by atoms with E-state index < -0.39 is 5.97 Å². The summed E-state index contributed by atoms with van der Waals surface area (Å²) in [6, 6.07) is 13.0. The molecule has 0 spiro atoms. The van der Waals surface area contributed by atoms with Crippen molar-refractivity contribution in [3.8, 4) is 0 Å². The number of hydrogen-bond donors (Lipinski definition) is 1. The monoisotopic (exact) mass is 237 g/mol. The van der Waals surface area contributed by atoms with Crippen molar-refractivity contribution < 1.29 is 9.90 Å². The number of carboxylic acid groups (broad SMARTS) is 1. The van der Waals surface area contributed by atoms with Gasteiger partial charge in [-0.05, 0) is 30.7 Å². The maximum atomic E-state index is 11.3. The van der Waals surface area contributed by atoms with Crippen molar-refractivity contribution in [2.75, 3.05) is 0 Å². The van der Waals surface area contributed by atoms with Crippen molar-refractivity contribution in [2.45, 2.75) is 6.92 Å². The van der Waals surface area contributed by atoms with E-state index in [4.69, 9.17) is 0 Å². The van der Waals surface area contributed by atoms with Gasteiger partial charge in [-0.2, -0.15) is 0 Å². The quantitative estimate of drug-likeness (QED) is 0.660. The van der Waals surface area contributed by atoms with E-state index in [1.807, 2.05) is 37.3 Å². The highest BCUT2D eigenvalue weighted by atomic mass is 16.4. The molecular formula is C15H11NO2. The Kier molecular flexibility index (Phi) is 2.27. The van der Waals surface area contributed by atoms with Crippen LogP contribution in [0.1, 0.15) is 15.9 Å². The summed E-state index contributed by atoms with van der Waals surface area (Å²) in [4.78, 5) is 15.8. The number of aryl methyl sites for hydroxylation is 1. The summed E-state index contributed by atoms with van der Waals surface area (Å²) < 4.78 is 0. The molecule has 1 N–H and O–H groups in total. The number of benzene rings is 2. The van der Waals surface area contributed by atoms with E-state index in [-0.39, 0.29) is 0 Å². The third-order valence-electron chi connectivity index (χ3n) is 3.20. The predicted octanol–water partition coefficient (Wildman–Crippen LogP) is 3.39. The Morgan fingerprint density at radius 1 is 1.06 bits per heavy atom. The van der Waals surface area contributed by atoms with Crippen LogP contribution in [-0.4, -0.2) is 16.1 Å². The fourth-order valence-electron chi connectivity index (χ4n) is 2.36. The molecule has 3 rings (SSSR count). The Hall–Kier alpha value is -2.42. The molecule has 1 heterocycles. The Morgan fingerprint density at radius 2 is 1.78 bits per heavy atom. The first-order valence-electron chi connectivity index (χ1n) is 5.70. The summed E-state index contributed by atoms with van der Waals surface area (Å²) >= 11 is 0. The molecule has 3 aromatic rings. The van der Waals surface area contributed by atoms with Crippen LogP contribution in [0, 0.1) is 6.92 Å². The van der Waals surface area contributed by atoms with Gasteiger partial charge in [0.1, 0.15) is 0 Å². The third-order valence-corrected chi connectivity index (χ3v) is 3.20. The molecule has 0 bridgehead atoms. The van der Waals surface area contributed by atoms with Crippen LogP contribution in [0.2, 0.25) is 0 Å². The first-order valence-corrected chi connectivity index (χ1v) is 5.70. The zero-order valence-electron chi connectivity index (χ0n) is 9.84. The summed E-state index contributed by atoms with van der Waals surface area (Å²) in [7, 11) is 0. The Balaban J connectivity index is 2.57. The highest BCUT2D eigenvalue weighted by Gasteiger charge is 2.13. The number of aromatic nitrogens is 1. The minimum absolute atomic E-state index is 0.309. The SMILES string of the molecule is Cc1c2ccccc2nc2cccc(C(=O)O)c12. The molecule has 3 heteroatoms. The Labute approximate surface area is 104 Å². The molecular weight excluding hydrogens is 226 g/mol. The van der Waals surface area contributed by atoms with Gasteiger partial charge in [0.15, 0.2) is 0 Å². The number of aromatic carboxylic acids is 1. The van der Waals surface area contributed by atoms with Crippen molar-refractivity contribution in [2.24, 2.45) is 0 Å². The molecule has 0 aliphatic carbocycles. The Morgan fingerprint density at radius 3 is 2.56 bits per heavy atom. The summed E-state index contributed by atoms with van der Waals surface area (Å²) in [5.74, 6) is -0.916. The van der Waals surface area contributed by atoms with Crippen LogP contribution in [0.15, 0.2) is 42.5 Å². The molecule has 0 aliphatic heterocycles. The largest absolute Gasteiger partial charge is 0.478 e. The molecule has 18 heavy (non-hydrogen) atoms. The zero-order valence-corrected chi connectivity index (χ0v) is 9.84. The average Bonchev–Trinajstić information content (AvgIpc) is 2.38. The van der Waals surface area contributed by atoms with Gasteiger partial charge in [0.05, 0.1) is 16.6 Å². The van der Waals surface area contributed by atoms with Crippen molar-refractivity contribution in [1.82, 2.24) is 4.98 Å². The maximum Gasteiger partial charge on any atom is 0.336 e. The molecule has 0 fully saturated rings. The second kappa shape index (κ2) is 3.81. The van der Waals surface area contributed by atoms with Crippen LogP contribution in [-0.2, 0) is 0 Å². The first-order chi connectivity index (χ1) is 8.68. The summed E-state index contributed by atoms with van der Waals surface area (Å²) in [6.07, 6.45) is 0. The van der Waals surface area contributed by atoms with Crippen LogP contribution in [0.3, 0.4) is 0 Å². The summed E-state index contributed by atoms with van der Waals surface area (Å²) in [6.45, 7) is 1.94. The van der Waals surface area contributed by atoms with Gasteiger partial charge < -0.3 is 5.11 Å². The van der Waals surface area contributed by atoms with Crippen LogP contribution >= 0.6 is 0 Å². The molecule has 0 saturated carbocycles. The lowest BCUT2D eigenvalue weighted by atomic mass is 10.00. The van der Waals surface area contributed by atoms with E-state index in [1.165, 1.54) is 0 Å². The van der Waals surface area contributed by atoms with Crippen molar-refractivity contribution in [1.29, 1.82) is 0 Å². The molecule has 1 aromatic heterocycles. The predicted molar refractivity (Wildman–Crippen MR) is 70.9 cm³/mol. The third kappa shape index (κ3) is 1.44. The highest BCUT2D eigenvalue weighted by Crippen LogP contribution is 2.27. The number of fused-ring (bicyclic) bond motifs is 2. The molecule has 0 unspecified atom stereocenters. The van der Waals surface area contributed by atoms with E-state index in [0.717, 1.165) is 27.4 Å². The fraction of sp³-hybridized carbons (Fsp3) is 0.0667. The van der Waals surface area contributed by atoms with Crippen molar-refractivity contribution >= 4 is 27.8 Å². The van der Waals surface area contributed by atoms with Gasteiger partial charge in [-0.3, -0.25) is 0 Å². The molecule has 0 aliphatic rings. The number of pyridine rings is 1. The lowest BCUT2D eigenvalue weighted by Crippen LogP contribution is -2.00. The minimum Gasteiger partial charge on any atom is -0.478 e. The van der Waals surface area contributed by atoms with Gasteiger partial charge in [-0.25, -0.2) is 9.78 Å². The van der Waals surface area contributed by atoms with Gasteiger partial charge in [-0.1, -0.05) is 24.3 Å². The molecule has 88 valence electrons. The summed E-state index contributed by atoms with van der Waals surface area (Å²) in [5, 5.41) is 11.0. The maximum absolute atomic E-state index is 11.3. The second-order valence-corrected chi connectivity index (χ2v) is 4.26. The number of carboxylic acids is 1.